The molecule has 0 bridgehead atoms. The first-order valence-electron chi connectivity index (χ1n) is 4.53. The van der Waals surface area contributed by atoms with E-state index in [0.717, 1.165) is 26.2 Å². The SMILES string of the molecule is CC1(COCCc2cccs2)CO1. The lowest BCUT2D eigenvalue weighted by Gasteiger charge is -2.05. The van der Waals surface area contributed by atoms with E-state index in [4.69, 9.17) is 9.47 Å². The molecule has 72 valence electrons. The van der Waals surface area contributed by atoms with Gasteiger partial charge < -0.3 is 9.47 Å². The number of hydrogen-bond donors (Lipinski definition) is 0. The van der Waals surface area contributed by atoms with Crippen LogP contribution < -0.4 is 0 Å². The van der Waals surface area contributed by atoms with Gasteiger partial charge in [0, 0.05) is 11.3 Å². The van der Waals surface area contributed by atoms with Gasteiger partial charge in [-0.25, -0.2) is 0 Å². The zero-order chi connectivity index (χ0) is 9.15. The largest absolute Gasteiger partial charge is 0.378 e. The van der Waals surface area contributed by atoms with Gasteiger partial charge in [0.2, 0.25) is 0 Å². The highest BCUT2D eigenvalue weighted by Crippen LogP contribution is 2.25. The normalized spacial score (nSPS) is 26.2. The molecular formula is C10H14O2S. The minimum absolute atomic E-state index is 0.0372. The molecular weight excluding hydrogens is 184 g/mol. The van der Waals surface area contributed by atoms with Crippen molar-refractivity contribution in [2.45, 2.75) is 18.9 Å². The summed E-state index contributed by atoms with van der Waals surface area (Å²) < 4.78 is 10.7. The molecule has 1 aliphatic rings. The van der Waals surface area contributed by atoms with Crippen molar-refractivity contribution < 1.29 is 9.47 Å². The van der Waals surface area contributed by atoms with Crippen LogP contribution in [0.5, 0.6) is 0 Å². The first-order chi connectivity index (χ1) is 6.29. The first kappa shape index (κ1) is 9.19. The molecule has 2 rings (SSSR count). The van der Waals surface area contributed by atoms with Crippen molar-refractivity contribution in [2.75, 3.05) is 19.8 Å². The van der Waals surface area contributed by atoms with Crippen LogP contribution in [-0.2, 0) is 15.9 Å². The second-order valence-corrected chi connectivity index (χ2v) is 4.65. The lowest BCUT2D eigenvalue weighted by Crippen LogP contribution is -2.15. The molecule has 1 atom stereocenters. The van der Waals surface area contributed by atoms with E-state index in [-0.39, 0.29) is 5.60 Å². The molecule has 1 fully saturated rings. The van der Waals surface area contributed by atoms with Crippen molar-refractivity contribution in [2.24, 2.45) is 0 Å². The summed E-state index contributed by atoms with van der Waals surface area (Å²) in [6, 6.07) is 4.22. The Bertz CT molecular complexity index is 252. The molecule has 0 aliphatic carbocycles. The number of thiophene rings is 1. The molecule has 2 heterocycles. The van der Waals surface area contributed by atoms with E-state index in [1.54, 1.807) is 11.3 Å². The summed E-state index contributed by atoms with van der Waals surface area (Å²) >= 11 is 1.79. The van der Waals surface area contributed by atoms with Crippen LogP contribution in [0.1, 0.15) is 11.8 Å². The van der Waals surface area contributed by atoms with Crippen LogP contribution in [0.2, 0.25) is 0 Å². The highest BCUT2D eigenvalue weighted by molar-refractivity contribution is 7.09. The van der Waals surface area contributed by atoms with Gasteiger partial charge in [-0.05, 0) is 18.4 Å². The predicted octanol–water partition coefficient (Wildman–Crippen LogP) is 2.10. The molecule has 0 radical (unpaired) electrons. The van der Waals surface area contributed by atoms with Crippen molar-refractivity contribution in [1.82, 2.24) is 0 Å². The highest BCUT2D eigenvalue weighted by atomic mass is 32.1. The van der Waals surface area contributed by atoms with Gasteiger partial charge >= 0.3 is 0 Å². The molecule has 0 amide bonds. The van der Waals surface area contributed by atoms with Gasteiger partial charge in [-0.3, -0.25) is 0 Å². The van der Waals surface area contributed by atoms with E-state index in [1.165, 1.54) is 4.88 Å². The molecule has 0 aromatic carbocycles. The Morgan fingerprint density at radius 2 is 2.54 bits per heavy atom. The third kappa shape index (κ3) is 2.79. The molecule has 1 saturated heterocycles. The van der Waals surface area contributed by atoms with Crippen LogP contribution in [0, 0.1) is 0 Å². The van der Waals surface area contributed by atoms with Crippen molar-refractivity contribution >= 4 is 11.3 Å². The fourth-order valence-electron chi connectivity index (χ4n) is 1.12. The van der Waals surface area contributed by atoms with Gasteiger partial charge in [-0.2, -0.15) is 0 Å². The summed E-state index contributed by atoms with van der Waals surface area (Å²) in [5.41, 5.74) is 0.0372. The second kappa shape index (κ2) is 3.78. The number of epoxide rings is 1. The van der Waals surface area contributed by atoms with E-state index in [1.807, 2.05) is 0 Å². The minimum atomic E-state index is 0.0372. The summed E-state index contributed by atoms with van der Waals surface area (Å²) in [5, 5.41) is 2.10. The standard InChI is InChI=1S/C10H14O2S/c1-10(8-12-10)7-11-5-4-9-3-2-6-13-9/h2-3,6H,4-5,7-8H2,1H3. The zero-order valence-corrected chi connectivity index (χ0v) is 8.60. The summed E-state index contributed by atoms with van der Waals surface area (Å²) in [4.78, 5) is 1.39. The topological polar surface area (TPSA) is 21.8 Å². The third-order valence-electron chi connectivity index (χ3n) is 2.12. The maximum atomic E-state index is 5.52. The lowest BCUT2D eigenvalue weighted by atomic mass is 10.2. The van der Waals surface area contributed by atoms with Crippen LogP contribution in [0.25, 0.3) is 0 Å². The van der Waals surface area contributed by atoms with Crippen molar-refractivity contribution in [1.29, 1.82) is 0 Å². The van der Waals surface area contributed by atoms with Gasteiger partial charge in [0.15, 0.2) is 0 Å². The molecule has 1 aliphatic heterocycles. The molecule has 0 spiro atoms. The average molecular weight is 198 g/mol. The summed E-state index contributed by atoms with van der Waals surface area (Å²) in [7, 11) is 0. The molecule has 1 unspecified atom stereocenters. The predicted molar refractivity (Wildman–Crippen MR) is 53.2 cm³/mol. The molecule has 2 nitrogen and oxygen atoms in total. The molecule has 0 N–H and O–H groups in total. The van der Waals surface area contributed by atoms with E-state index >= 15 is 0 Å². The van der Waals surface area contributed by atoms with Crippen molar-refractivity contribution in [3.63, 3.8) is 0 Å². The van der Waals surface area contributed by atoms with E-state index < -0.39 is 0 Å². The van der Waals surface area contributed by atoms with Gasteiger partial charge in [-0.15, -0.1) is 11.3 Å². The van der Waals surface area contributed by atoms with Crippen LogP contribution >= 0.6 is 11.3 Å². The Kier molecular flexibility index (Phi) is 2.67. The van der Waals surface area contributed by atoms with Gasteiger partial charge in [0.25, 0.3) is 0 Å². The van der Waals surface area contributed by atoms with E-state index in [2.05, 4.69) is 24.4 Å². The summed E-state index contributed by atoms with van der Waals surface area (Å²) in [5.74, 6) is 0. The number of rotatable bonds is 5. The molecule has 3 heteroatoms. The molecule has 1 aromatic heterocycles. The maximum Gasteiger partial charge on any atom is 0.112 e. The van der Waals surface area contributed by atoms with Gasteiger partial charge in [0.05, 0.1) is 19.8 Å². The third-order valence-corrected chi connectivity index (χ3v) is 3.05. The number of ether oxygens (including phenoxy) is 2. The van der Waals surface area contributed by atoms with Crippen molar-refractivity contribution in [3.8, 4) is 0 Å². The van der Waals surface area contributed by atoms with Crippen LogP contribution in [-0.4, -0.2) is 25.4 Å². The second-order valence-electron chi connectivity index (χ2n) is 3.62. The Hall–Kier alpha value is -0.380. The Morgan fingerprint density at radius 3 is 3.15 bits per heavy atom. The smallest absolute Gasteiger partial charge is 0.112 e. The average Bonchev–Trinajstić information content (AvgIpc) is 2.69. The highest BCUT2D eigenvalue weighted by Gasteiger charge is 2.39. The first-order valence-corrected chi connectivity index (χ1v) is 5.41. The molecule has 1 aromatic rings. The minimum Gasteiger partial charge on any atom is -0.378 e. The number of hydrogen-bond acceptors (Lipinski definition) is 3. The fraction of sp³-hybridized carbons (Fsp3) is 0.600. The monoisotopic (exact) mass is 198 g/mol. The summed E-state index contributed by atoms with van der Waals surface area (Å²) in [6.07, 6.45) is 1.02. The van der Waals surface area contributed by atoms with E-state index in [9.17, 15) is 0 Å². The maximum absolute atomic E-state index is 5.52. The van der Waals surface area contributed by atoms with Crippen molar-refractivity contribution in [3.05, 3.63) is 22.4 Å². The van der Waals surface area contributed by atoms with E-state index in [0.29, 0.717) is 0 Å². The summed E-state index contributed by atoms with van der Waals surface area (Å²) in [6.45, 7) is 4.47. The van der Waals surface area contributed by atoms with Gasteiger partial charge in [-0.1, -0.05) is 6.07 Å². The van der Waals surface area contributed by atoms with Crippen LogP contribution in [0.3, 0.4) is 0 Å². The zero-order valence-electron chi connectivity index (χ0n) is 7.79. The lowest BCUT2D eigenvalue weighted by molar-refractivity contribution is 0.0878. The Morgan fingerprint density at radius 1 is 1.69 bits per heavy atom. The quantitative estimate of drug-likeness (QED) is 0.534. The Labute approximate surface area is 82.5 Å². The molecule has 0 saturated carbocycles. The Balaban J connectivity index is 1.59. The van der Waals surface area contributed by atoms with Crippen LogP contribution in [0.4, 0.5) is 0 Å². The van der Waals surface area contributed by atoms with Crippen LogP contribution in [0.15, 0.2) is 17.5 Å². The fourth-order valence-corrected chi connectivity index (χ4v) is 1.81. The molecule has 13 heavy (non-hydrogen) atoms. The van der Waals surface area contributed by atoms with Gasteiger partial charge in [0.1, 0.15) is 5.60 Å².